The molecule has 0 heterocycles. The molecule has 6 heteroatoms. The van der Waals surface area contributed by atoms with Gasteiger partial charge in [-0.3, -0.25) is 9.59 Å². The van der Waals surface area contributed by atoms with Crippen molar-refractivity contribution in [3.8, 4) is 5.75 Å². The summed E-state index contributed by atoms with van der Waals surface area (Å²) in [5, 5.41) is 11.8. The largest absolute Gasteiger partial charge is 0.484 e. The van der Waals surface area contributed by atoms with Crippen molar-refractivity contribution in [1.29, 1.82) is 0 Å². The van der Waals surface area contributed by atoms with Gasteiger partial charge in [0.05, 0.1) is 0 Å². The van der Waals surface area contributed by atoms with Gasteiger partial charge in [-0.05, 0) is 43.5 Å². The second-order valence-corrected chi connectivity index (χ2v) is 4.84. The Bertz CT molecular complexity index is 476. The fraction of sp³-hybridized carbons (Fsp3) is 0.429. The highest BCUT2D eigenvalue weighted by Gasteiger charge is 2.05. The van der Waals surface area contributed by atoms with E-state index in [2.05, 4.69) is 5.32 Å². The molecular formula is C14H18ClNO4. The molecule has 2 N–H and O–H groups in total. The van der Waals surface area contributed by atoms with Gasteiger partial charge in [0.25, 0.3) is 5.91 Å². The number of aliphatic carboxylic acids is 1. The Morgan fingerprint density at radius 1 is 1.35 bits per heavy atom. The summed E-state index contributed by atoms with van der Waals surface area (Å²) >= 11 is 5.82. The first-order chi connectivity index (χ1) is 9.49. The van der Waals surface area contributed by atoms with Crippen LogP contribution in [-0.4, -0.2) is 30.1 Å². The highest BCUT2D eigenvalue weighted by atomic mass is 35.5. The molecule has 0 unspecified atom stereocenters. The predicted molar refractivity (Wildman–Crippen MR) is 76.2 cm³/mol. The SMILES string of the molecule is Cc1cc(Cl)ccc1OCC(=O)NCCCCC(=O)O. The minimum atomic E-state index is -0.821. The molecule has 0 saturated carbocycles. The van der Waals surface area contributed by atoms with Crippen molar-refractivity contribution in [2.24, 2.45) is 0 Å². The molecule has 0 bridgehead atoms. The number of benzene rings is 1. The maximum Gasteiger partial charge on any atom is 0.303 e. The Kier molecular flexibility index (Phi) is 6.87. The Morgan fingerprint density at radius 3 is 2.75 bits per heavy atom. The summed E-state index contributed by atoms with van der Waals surface area (Å²) in [6.07, 6.45) is 1.31. The number of nitrogens with one attached hydrogen (secondary N) is 1. The highest BCUT2D eigenvalue weighted by Crippen LogP contribution is 2.21. The average molecular weight is 300 g/mol. The Balaban J connectivity index is 2.21. The van der Waals surface area contributed by atoms with Gasteiger partial charge < -0.3 is 15.2 Å². The number of aryl methyl sites for hydroxylation is 1. The summed E-state index contributed by atoms with van der Waals surface area (Å²) < 4.78 is 5.38. The van der Waals surface area contributed by atoms with Crippen LogP contribution in [0.2, 0.25) is 5.02 Å². The predicted octanol–water partition coefficient (Wildman–Crippen LogP) is 2.40. The number of ether oxygens (including phenoxy) is 1. The second-order valence-electron chi connectivity index (χ2n) is 4.40. The fourth-order valence-electron chi connectivity index (χ4n) is 1.60. The van der Waals surface area contributed by atoms with Crippen LogP contribution in [0.25, 0.3) is 0 Å². The molecule has 0 aliphatic heterocycles. The normalized spacial score (nSPS) is 10.1. The lowest BCUT2D eigenvalue weighted by molar-refractivity contribution is -0.137. The zero-order valence-electron chi connectivity index (χ0n) is 11.3. The van der Waals surface area contributed by atoms with E-state index < -0.39 is 5.97 Å². The molecule has 0 spiro atoms. The monoisotopic (exact) mass is 299 g/mol. The lowest BCUT2D eigenvalue weighted by atomic mass is 10.2. The molecule has 20 heavy (non-hydrogen) atoms. The summed E-state index contributed by atoms with van der Waals surface area (Å²) in [6.45, 7) is 2.24. The third-order valence-corrected chi connectivity index (χ3v) is 2.87. The van der Waals surface area contributed by atoms with E-state index in [1.165, 1.54) is 0 Å². The highest BCUT2D eigenvalue weighted by molar-refractivity contribution is 6.30. The second kappa shape index (κ2) is 8.43. The Labute approximate surface area is 122 Å². The molecule has 5 nitrogen and oxygen atoms in total. The first kappa shape index (κ1) is 16.3. The zero-order chi connectivity index (χ0) is 15.0. The van der Waals surface area contributed by atoms with E-state index in [0.29, 0.717) is 30.2 Å². The molecule has 110 valence electrons. The molecule has 1 aromatic rings. The topological polar surface area (TPSA) is 75.6 Å². The van der Waals surface area contributed by atoms with Gasteiger partial charge in [0, 0.05) is 18.0 Å². The van der Waals surface area contributed by atoms with Gasteiger partial charge in [0.1, 0.15) is 5.75 Å². The van der Waals surface area contributed by atoms with Crippen LogP contribution in [0.5, 0.6) is 5.75 Å². The first-order valence-corrected chi connectivity index (χ1v) is 6.74. The maximum atomic E-state index is 11.5. The van der Waals surface area contributed by atoms with E-state index in [9.17, 15) is 9.59 Å². The van der Waals surface area contributed by atoms with Crippen LogP contribution in [0.3, 0.4) is 0 Å². The average Bonchev–Trinajstić information content (AvgIpc) is 2.37. The van der Waals surface area contributed by atoms with Gasteiger partial charge in [-0.2, -0.15) is 0 Å². The smallest absolute Gasteiger partial charge is 0.303 e. The van der Waals surface area contributed by atoms with Crippen LogP contribution in [0.15, 0.2) is 18.2 Å². The molecule has 0 aliphatic rings. The summed E-state index contributed by atoms with van der Waals surface area (Å²) in [4.78, 5) is 21.8. The number of carbonyl (C=O) groups is 2. The lowest BCUT2D eigenvalue weighted by Gasteiger charge is -2.09. The van der Waals surface area contributed by atoms with E-state index in [0.717, 1.165) is 5.56 Å². The van der Waals surface area contributed by atoms with E-state index in [-0.39, 0.29) is 18.9 Å². The third-order valence-electron chi connectivity index (χ3n) is 2.64. The number of carbonyl (C=O) groups excluding carboxylic acids is 1. The molecule has 1 rings (SSSR count). The maximum absolute atomic E-state index is 11.5. The van der Waals surface area contributed by atoms with Crippen LogP contribution in [0.4, 0.5) is 0 Å². The van der Waals surface area contributed by atoms with Crippen LogP contribution in [0.1, 0.15) is 24.8 Å². The van der Waals surface area contributed by atoms with Crippen molar-refractivity contribution in [2.45, 2.75) is 26.2 Å². The minimum absolute atomic E-state index is 0.0681. The first-order valence-electron chi connectivity index (χ1n) is 6.36. The van der Waals surface area contributed by atoms with Crippen molar-refractivity contribution in [3.63, 3.8) is 0 Å². The number of amides is 1. The number of halogens is 1. The van der Waals surface area contributed by atoms with E-state index >= 15 is 0 Å². The van der Waals surface area contributed by atoms with Gasteiger partial charge in [-0.1, -0.05) is 11.6 Å². The Morgan fingerprint density at radius 2 is 2.10 bits per heavy atom. The number of unbranched alkanes of at least 4 members (excludes halogenated alkanes) is 1. The van der Waals surface area contributed by atoms with E-state index in [4.69, 9.17) is 21.4 Å². The zero-order valence-corrected chi connectivity index (χ0v) is 12.1. The van der Waals surface area contributed by atoms with Crippen LogP contribution in [-0.2, 0) is 9.59 Å². The molecule has 0 radical (unpaired) electrons. The van der Waals surface area contributed by atoms with Gasteiger partial charge in [0.15, 0.2) is 6.61 Å². The molecule has 0 aliphatic carbocycles. The van der Waals surface area contributed by atoms with Crippen LogP contribution < -0.4 is 10.1 Å². The number of rotatable bonds is 8. The summed E-state index contributed by atoms with van der Waals surface area (Å²) in [7, 11) is 0. The van der Waals surface area contributed by atoms with Gasteiger partial charge in [0.2, 0.25) is 0 Å². The standard InChI is InChI=1S/C14H18ClNO4/c1-10-8-11(15)5-6-12(10)20-9-13(17)16-7-3-2-4-14(18)19/h5-6,8H,2-4,7,9H2,1H3,(H,16,17)(H,18,19). The van der Waals surface area contributed by atoms with Crippen LogP contribution in [0, 0.1) is 6.92 Å². The van der Waals surface area contributed by atoms with Crippen molar-refractivity contribution in [1.82, 2.24) is 5.32 Å². The summed E-state index contributed by atoms with van der Waals surface area (Å²) in [5.41, 5.74) is 0.867. The lowest BCUT2D eigenvalue weighted by Crippen LogP contribution is -2.29. The third kappa shape index (κ3) is 6.43. The number of hydrogen-bond acceptors (Lipinski definition) is 3. The molecule has 1 amide bonds. The number of hydrogen-bond donors (Lipinski definition) is 2. The number of carboxylic acid groups (broad SMARTS) is 1. The van der Waals surface area contributed by atoms with Gasteiger partial charge in [-0.25, -0.2) is 0 Å². The minimum Gasteiger partial charge on any atom is -0.484 e. The molecule has 0 saturated heterocycles. The van der Waals surface area contributed by atoms with Gasteiger partial charge in [-0.15, -0.1) is 0 Å². The van der Waals surface area contributed by atoms with Gasteiger partial charge >= 0.3 is 5.97 Å². The van der Waals surface area contributed by atoms with Crippen LogP contribution >= 0.6 is 11.6 Å². The van der Waals surface area contributed by atoms with Crippen molar-refractivity contribution in [3.05, 3.63) is 28.8 Å². The van der Waals surface area contributed by atoms with E-state index in [1.807, 2.05) is 6.92 Å². The molecular weight excluding hydrogens is 282 g/mol. The van der Waals surface area contributed by atoms with Crippen molar-refractivity contribution >= 4 is 23.5 Å². The molecule has 0 aromatic heterocycles. The molecule has 0 atom stereocenters. The summed E-state index contributed by atoms with van der Waals surface area (Å²) in [6, 6.07) is 5.19. The quantitative estimate of drug-likeness (QED) is 0.723. The number of carboxylic acids is 1. The molecule has 1 aromatic carbocycles. The Hall–Kier alpha value is -1.75. The van der Waals surface area contributed by atoms with Crippen molar-refractivity contribution < 1.29 is 19.4 Å². The van der Waals surface area contributed by atoms with E-state index in [1.54, 1.807) is 18.2 Å². The van der Waals surface area contributed by atoms with Crippen molar-refractivity contribution in [2.75, 3.05) is 13.2 Å². The summed E-state index contributed by atoms with van der Waals surface area (Å²) in [5.74, 6) is -0.428. The fourth-order valence-corrected chi connectivity index (χ4v) is 1.82. The molecule has 0 fully saturated rings.